The van der Waals surface area contributed by atoms with Crippen LogP contribution >= 0.6 is 27.7 Å². The molecule has 8 nitrogen and oxygen atoms in total. The highest BCUT2D eigenvalue weighted by molar-refractivity contribution is 9.10. The van der Waals surface area contributed by atoms with Gasteiger partial charge in [0.05, 0.1) is 11.4 Å². The molecule has 0 radical (unpaired) electrons. The quantitative estimate of drug-likeness (QED) is 0.272. The largest absolute Gasteiger partial charge is 0.354 e. The zero-order valence-electron chi connectivity index (χ0n) is 19.2. The van der Waals surface area contributed by atoms with Gasteiger partial charge in [-0.05, 0) is 37.1 Å². The maximum Gasteiger partial charge on any atom is 0.243 e. The van der Waals surface area contributed by atoms with Gasteiger partial charge in [0.25, 0.3) is 0 Å². The fraction of sp³-hybridized carbons (Fsp3) is 0.375. The molecule has 186 valence electrons. The van der Waals surface area contributed by atoms with E-state index in [2.05, 4.69) is 36.4 Å². The van der Waals surface area contributed by atoms with Gasteiger partial charge in [-0.25, -0.2) is 13.4 Å². The molecule has 1 saturated carbocycles. The molecule has 1 aliphatic carbocycles. The molecule has 0 saturated heterocycles. The van der Waals surface area contributed by atoms with Crippen molar-refractivity contribution < 1.29 is 13.2 Å². The second kappa shape index (κ2) is 12.2. The maximum atomic E-state index is 13.4. The van der Waals surface area contributed by atoms with E-state index in [1.54, 1.807) is 24.3 Å². The van der Waals surface area contributed by atoms with E-state index in [1.165, 1.54) is 16.1 Å². The smallest absolute Gasteiger partial charge is 0.243 e. The molecule has 11 heteroatoms. The number of hydrogen-bond donors (Lipinski definition) is 2. The first-order valence-corrected chi connectivity index (χ1v) is 14.8. The Morgan fingerprint density at radius 2 is 1.80 bits per heavy atom. The topological polar surface area (TPSA) is 108 Å². The molecule has 0 bridgehead atoms. The summed E-state index contributed by atoms with van der Waals surface area (Å²) in [5, 5.41) is 10.6. The van der Waals surface area contributed by atoms with E-state index in [4.69, 9.17) is 0 Å². The molecular formula is C24H28BrN5O3S2. The number of thioether (sulfide) groups is 1. The Bertz CT molecular complexity index is 1210. The molecule has 1 fully saturated rings. The zero-order chi connectivity index (χ0) is 24.7. The van der Waals surface area contributed by atoms with Gasteiger partial charge in [-0.1, -0.05) is 77.3 Å². The zero-order valence-corrected chi connectivity index (χ0v) is 22.4. The fourth-order valence-corrected chi connectivity index (χ4v) is 6.65. The predicted octanol–water partition coefficient (Wildman–Crippen LogP) is 4.47. The Morgan fingerprint density at radius 3 is 2.51 bits per heavy atom. The Morgan fingerprint density at radius 1 is 1.09 bits per heavy atom. The van der Waals surface area contributed by atoms with E-state index in [-0.39, 0.29) is 23.4 Å². The van der Waals surface area contributed by atoms with Gasteiger partial charge in [-0.3, -0.25) is 9.89 Å². The number of nitrogens with zero attached hydrogens (tertiary/aromatic N) is 3. The van der Waals surface area contributed by atoms with Crippen LogP contribution in [0.4, 0.5) is 0 Å². The Kier molecular flexibility index (Phi) is 8.99. The first-order valence-electron chi connectivity index (χ1n) is 11.6. The number of carbonyl (C=O) groups excluding carboxylic acids is 1. The molecule has 35 heavy (non-hydrogen) atoms. The monoisotopic (exact) mass is 577 g/mol. The molecule has 1 heterocycles. The van der Waals surface area contributed by atoms with E-state index in [1.807, 2.05) is 30.3 Å². The van der Waals surface area contributed by atoms with Crippen molar-refractivity contribution in [3.8, 4) is 11.4 Å². The van der Waals surface area contributed by atoms with Gasteiger partial charge in [-0.2, -0.15) is 4.31 Å². The lowest BCUT2D eigenvalue weighted by Gasteiger charge is -2.33. The Balaban J connectivity index is 1.33. The second-order valence-electron chi connectivity index (χ2n) is 8.33. The Hall–Kier alpha value is -2.21. The number of carbonyl (C=O) groups is 1. The number of hydrogen-bond acceptors (Lipinski definition) is 6. The van der Waals surface area contributed by atoms with Crippen LogP contribution in [0.3, 0.4) is 0 Å². The number of aromatic amines is 1. The van der Waals surface area contributed by atoms with E-state index < -0.39 is 10.0 Å². The van der Waals surface area contributed by atoms with Gasteiger partial charge in [0.2, 0.25) is 21.1 Å². The third-order valence-electron chi connectivity index (χ3n) is 5.87. The maximum absolute atomic E-state index is 13.4. The Labute approximate surface area is 218 Å². The molecular weight excluding hydrogens is 550 g/mol. The molecule has 0 unspecified atom stereocenters. The molecule has 0 atom stereocenters. The van der Waals surface area contributed by atoms with Crippen LogP contribution in [0.15, 0.2) is 69.1 Å². The minimum atomic E-state index is -3.79. The number of H-pyrrole nitrogens is 1. The normalized spacial score (nSPS) is 14.8. The summed E-state index contributed by atoms with van der Waals surface area (Å²) in [6.07, 6.45) is 4.58. The summed E-state index contributed by atoms with van der Waals surface area (Å²) in [7, 11) is -3.79. The molecule has 0 aliphatic heterocycles. The van der Waals surface area contributed by atoms with Crippen LogP contribution in [0.1, 0.15) is 32.1 Å². The number of benzene rings is 2. The highest BCUT2D eigenvalue weighted by Crippen LogP contribution is 2.28. The van der Waals surface area contributed by atoms with E-state index in [0.717, 1.165) is 42.1 Å². The van der Waals surface area contributed by atoms with Crippen molar-refractivity contribution in [2.45, 2.75) is 48.2 Å². The molecule has 1 aliphatic rings. The van der Waals surface area contributed by atoms with Gasteiger partial charge in [-0.15, -0.1) is 5.10 Å². The molecule has 2 aromatic carbocycles. The van der Waals surface area contributed by atoms with Gasteiger partial charge in [0.15, 0.2) is 5.82 Å². The summed E-state index contributed by atoms with van der Waals surface area (Å²) in [4.78, 5) is 17.4. The van der Waals surface area contributed by atoms with Crippen molar-refractivity contribution in [2.75, 3.05) is 18.8 Å². The van der Waals surface area contributed by atoms with Crippen molar-refractivity contribution in [2.24, 2.45) is 0 Å². The SMILES string of the molecule is O=C(CN(C1CCCCC1)S(=O)(=O)c1ccc(Br)cc1)NCCSc1n[nH]c(-c2ccccc2)n1. The van der Waals surface area contributed by atoms with Crippen LogP contribution in [-0.4, -0.2) is 58.7 Å². The molecule has 3 aromatic rings. The van der Waals surface area contributed by atoms with Crippen molar-refractivity contribution in [1.82, 2.24) is 24.8 Å². The van der Waals surface area contributed by atoms with Crippen LogP contribution in [0.25, 0.3) is 11.4 Å². The number of sulfonamides is 1. The number of aromatic nitrogens is 3. The van der Waals surface area contributed by atoms with Crippen molar-refractivity contribution in [3.63, 3.8) is 0 Å². The first-order chi connectivity index (χ1) is 16.9. The van der Waals surface area contributed by atoms with Crippen molar-refractivity contribution in [1.29, 1.82) is 0 Å². The predicted molar refractivity (Wildman–Crippen MR) is 140 cm³/mol. The molecule has 0 spiro atoms. The minimum Gasteiger partial charge on any atom is -0.354 e. The van der Waals surface area contributed by atoms with Crippen LogP contribution in [0.5, 0.6) is 0 Å². The molecule has 1 amide bonds. The number of rotatable bonds is 10. The van der Waals surface area contributed by atoms with Crippen LogP contribution in [0.2, 0.25) is 0 Å². The minimum absolute atomic E-state index is 0.165. The number of halogens is 1. The van der Waals surface area contributed by atoms with Gasteiger partial charge < -0.3 is 5.32 Å². The van der Waals surface area contributed by atoms with Gasteiger partial charge >= 0.3 is 0 Å². The fourth-order valence-electron chi connectivity index (χ4n) is 4.09. The van der Waals surface area contributed by atoms with Gasteiger partial charge in [0, 0.05) is 28.4 Å². The molecule has 4 rings (SSSR count). The third kappa shape index (κ3) is 6.93. The van der Waals surface area contributed by atoms with E-state index >= 15 is 0 Å². The average molecular weight is 579 g/mol. The lowest BCUT2D eigenvalue weighted by atomic mass is 9.95. The summed E-state index contributed by atoms with van der Waals surface area (Å²) in [5.74, 6) is 0.955. The van der Waals surface area contributed by atoms with Gasteiger partial charge in [0.1, 0.15) is 0 Å². The standard InChI is InChI=1S/C24H28BrN5O3S2/c25-19-11-13-21(14-12-19)35(32,33)30(20-9-5-2-6-10-20)17-22(31)26-15-16-34-24-27-23(28-29-24)18-7-3-1-4-8-18/h1,3-4,7-8,11-14,20H,2,5-6,9-10,15-17H2,(H,26,31)(H,27,28,29). The third-order valence-corrected chi connectivity index (χ3v) is 9.16. The molecule has 2 N–H and O–H groups in total. The summed E-state index contributed by atoms with van der Waals surface area (Å²) in [6, 6.07) is 16.1. The summed E-state index contributed by atoms with van der Waals surface area (Å²) >= 11 is 4.77. The molecule has 1 aromatic heterocycles. The second-order valence-corrected chi connectivity index (χ2v) is 12.2. The van der Waals surface area contributed by atoms with Crippen LogP contribution < -0.4 is 5.32 Å². The van der Waals surface area contributed by atoms with Crippen LogP contribution in [-0.2, 0) is 14.8 Å². The van der Waals surface area contributed by atoms with E-state index in [9.17, 15) is 13.2 Å². The highest BCUT2D eigenvalue weighted by atomic mass is 79.9. The number of amides is 1. The van der Waals surface area contributed by atoms with Crippen molar-refractivity contribution in [3.05, 3.63) is 59.1 Å². The highest BCUT2D eigenvalue weighted by Gasteiger charge is 2.33. The van der Waals surface area contributed by atoms with E-state index in [0.29, 0.717) is 23.3 Å². The number of nitrogens with one attached hydrogen (secondary N) is 2. The first kappa shape index (κ1) is 25.9. The lowest BCUT2D eigenvalue weighted by Crippen LogP contribution is -2.47. The summed E-state index contributed by atoms with van der Waals surface area (Å²) in [6.45, 7) is 0.197. The van der Waals surface area contributed by atoms with Crippen LogP contribution in [0, 0.1) is 0 Å². The summed E-state index contributed by atoms with van der Waals surface area (Å²) in [5.41, 5.74) is 0.954. The van der Waals surface area contributed by atoms with Crippen molar-refractivity contribution >= 4 is 43.6 Å². The summed E-state index contributed by atoms with van der Waals surface area (Å²) < 4.78 is 29.0. The average Bonchev–Trinajstić information content (AvgIpc) is 3.35. The lowest BCUT2D eigenvalue weighted by molar-refractivity contribution is -0.121.